The van der Waals surface area contributed by atoms with E-state index in [1.54, 1.807) is 27.4 Å². The van der Waals surface area contributed by atoms with Gasteiger partial charge in [0.15, 0.2) is 16.7 Å². The molecule has 29 heavy (non-hydrogen) atoms. The molecule has 0 aliphatic rings. The summed E-state index contributed by atoms with van der Waals surface area (Å²) in [6.07, 6.45) is 0. The lowest BCUT2D eigenvalue weighted by Gasteiger charge is -2.09. The first kappa shape index (κ1) is 19.2. The van der Waals surface area contributed by atoms with E-state index in [1.165, 1.54) is 0 Å². The van der Waals surface area contributed by atoms with Crippen molar-refractivity contribution in [1.29, 1.82) is 0 Å². The van der Waals surface area contributed by atoms with Crippen LogP contribution < -0.4 is 0 Å². The number of benzene rings is 2. The number of halogens is 1. The summed E-state index contributed by atoms with van der Waals surface area (Å²) in [5.74, 6) is -0.628. The predicted octanol–water partition coefficient (Wildman–Crippen LogP) is 3.65. The number of carboxylic acid groups (broad SMARTS) is 1. The van der Waals surface area contributed by atoms with Crippen LogP contribution in [0.5, 0.6) is 0 Å². The minimum atomic E-state index is -0.941. The van der Waals surface area contributed by atoms with Crippen molar-refractivity contribution in [1.82, 2.24) is 29.8 Å². The van der Waals surface area contributed by atoms with Gasteiger partial charge in [-0.05, 0) is 37.3 Å². The van der Waals surface area contributed by atoms with Crippen LogP contribution in [0.15, 0.2) is 59.8 Å². The molecule has 0 bridgehead atoms. The van der Waals surface area contributed by atoms with E-state index >= 15 is 0 Å². The molecule has 0 saturated heterocycles. The predicted molar refractivity (Wildman–Crippen MR) is 110 cm³/mol. The topological polar surface area (TPSA) is 98.7 Å². The van der Waals surface area contributed by atoms with Crippen LogP contribution >= 0.6 is 23.4 Å². The van der Waals surface area contributed by atoms with Crippen LogP contribution in [0.1, 0.15) is 5.69 Å². The third kappa shape index (κ3) is 3.87. The maximum Gasteiger partial charge on any atom is 0.313 e. The van der Waals surface area contributed by atoms with E-state index in [2.05, 4.69) is 20.5 Å². The van der Waals surface area contributed by atoms with Gasteiger partial charge in [0, 0.05) is 5.02 Å². The number of para-hydroxylation sites is 1. The molecule has 1 N–H and O–H groups in total. The van der Waals surface area contributed by atoms with E-state index < -0.39 is 5.97 Å². The summed E-state index contributed by atoms with van der Waals surface area (Å²) in [5, 5.41) is 27.1. The molecule has 2 aromatic heterocycles. The second-order valence-electron chi connectivity index (χ2n) is 6.07. The molecule has 0 unspecified atom stereocenters. The number of carbonyl (C=O) groups is 1. The minimum Gasteiger partial charge on any atom is -0.481 e. The molecule has 0 aliphatic heterocycles. The number of thioether (sulfide) groups is 1. The third-order valence-electron chi connectivity index (χ3n) is 4.13. The van der Waals surface area contributed by atoms with Crippen LogP contribution in [-0.2, 0) is 4.79 Å². The van der Waals surface area contributed by atoms with E-state index in [4.69, 9.17) is 16.7 Å². The van der Waals surface area contributed by atoms with Gasteiger partial charge < -0.3 is 5.11 Å². The maximum atomic E-state index is 11.0. The zero-order valence-corrected chi connectivity index (χ0v) is 16.8. The summed E-state index contributed by atoms with van der Waals surface area (Å²) in [6.45, 7) is 1.89. The van der Waals surface area contributed by atoms with Crippen LogP contribution in [0.4, 0.5) is 0 Å². The van der Waals surface area contributed by atoms with Gasteiger partial charge in [0.05, 0.1) is 22.8 Å². The van der Waals surface area contributed by atoms with Gasteiger partial charge in [-0.15, -0.1) is 15.3 Å². The third-order valence-corrected chi connectivity index (χ3v) is 5.28. The van der Waals surface area contributed by atoms with Crippen molar-refractivity contribution in [2.75, 3.05) is 5.75 Å². The highest BCUT2D eigenvalue weighted by Gasteiger charge is 2.22. The van der Waals surface area contributed by atoms with E-state index in [0.29, 0.717) is 27.4 Å². The normalized spacial score (nSPS) is 11.0. The zero-order valence-electron chi connectivity index (χ0n) is 15.2. The molecule has 4 aromatic rings. The Kier molecular flexibility index (Phi) is 5.32. The molecule has 10 heteroatoms. The van der Waals surface area contributed by atoms with Gasteiger partial charge in [0.2, 0.25) is 0 Å². The number of hydrogen-bond donors (Lipinski definition) is 1. The highest BCUT2D eigenvalue weighted by atomic mass is 35.5. The molecular weight excluding hydrogens is 412 g/mol. The van der Waals surface area contributed by atoms with Crippen molar-refractivity contribution < 1.29 is 9.90 Å². The Bertz CT molecular complexity index is 1170. The van der Waals surface area contributed by atoms with E-state index in [9.17, 15) is 4.79 Å². The minimum absolute atomic E-state index is 0.144. The van der Waals surface area contributed by atoms with Crippen LogP contribution in [-0.4, -0.2) is 46.6 Å². The summed E-state index contributed by atoms with van der Waals surface area (Å²) in [7, 11) is 0. The van der Waals surface area contributed by atoms with Gasteiger partial charge in [-0.1, -0.05) is 52.8 Å². The van der Waals surface area contributed by atoms with Crippen molar-refractivity contribution in [3.05, 3.63) is 65.3 Å². The number of rotatable bonds is 6. The fourth-order valence-electron chi connectivity index (χ4n) is 2.84. The molecule has 8 nitrogen and oxygen atoms in total. The first-order chi connectivity index (χ1) is 14.0. The lowest BCUT2D eigenvalue weighted by Crippen LogP contribution is -2.04. The number of hydrogen-bond acceptors (Lipinski definition) is 6. The number of aliphatic carboxylic acids is 1. The first-order valence-electron chi connectivity index (χ1n) is 8.58. The summed E-state index contributed by atoms with van der Waals surface area (Å²) in [4.78, 5) is 11.0. The molecule has 0 fully saturated rings. The summed E-state index contributed by atoms with van der Waals surface area (Å²) < 4.78 is 3.46. The van der Waals surface area contributed by atoms with Crippen LogP contribution in [0.25, 0.3) is 22.9 Å². The van der Waals surface area contributed by atoms with Gasteiger partial charge in [-0.3, -0.25) is 9.36 Å². The molecule has 0 aliphatic carbocycles. The van der Waals surface area contributed by atoms with Crippen molar-refractivity contribution in [3.63, 3.8) is 0 Å². The van der Waals surface area contributed by atoms with E-state index in [-0.39, 0.29) is 5.75 Å². The lowest BCUT2D eigenvalue weighted by molar-refractivity contribution is -0.133. The molecular formula is C19H15ClN6O2S. The Labute approximate surface area is 175 Å². The highest BCUT2D eigenvalue weighted by molar-refractivity contribution is 7.99. The molecule has 146 valence electrons. The van der Waals surface area contributed by atoms with Gasteiger partial charge >= 0.3 is 5.97 Å². The first-order valence-corrected chi connectivity index (χ1v) is 9.95. The van der Waals surface area contributed by atoms with Crippen molar-refractivity contribution >= 4 is 29.3 Å². The monoisotopic (exact) mass is 426 g/mol. The fraction of sp³-hybridized carbons (Fsp3) is 0.105. The molecule has 0 atom stereocenters. The van der Waals surface area contributed by atoms with Crippen molar-refractivity contribution in [3.8, 4) is 22.9 Å². The lowest BCUT2D eigenvalue weighted by atomic mass is 10.2. The second-order valence-corrected chi connectivity index (χ2v) is 7.45. The highest BCUT2D eigenvalue weighted by Crippen LogP contribution is 2.30. The van der Waals surface area contributed by atoms with Gasteiger partial charge in [-0.2, -0.15) is 0 Å². The van der Waals surface area contributed by atoms with Crippen LogP contribution in [0, 0.1) is 6.92 Å². The van der Waals surface area contributed by atoms with Gasteiger partial charge in [0.1, 0.15) is 0 Å². The van der Waals surface area contributed by atoms with Crippen molar-refractivity contribution in [2.45, 2.75) is 12.1 Å². The molecule has 0 saturated carbocycles. The number of carboxylic acids is 1. The standard InChI is InChI=1S/C19H15ClN6O2S/c1-12-17(21-24-26(12)14-7-3-2-4-8-14)18-22-23-19(29-11-16(27)28)25(18)15-9-5-6-13(20)10-15/h2-10H,11H2,1H3,(H,27,28). The molecule has 0 spiro atoms. The molecule has 0 amide bonds. The van der Waals surface area contributed by atoms with E-state index in [1.807, 2.05) is 43.3 Å². The zero-order chi connectivity index (χ0) is 20.4. The van der Waals surface area contributed by atoms with Gasteiger partial charge in [0.25, 0.3) is 0 Å². The Balaban J connectivity index is 1.84. The average molecular weight is 427 g/mol. The Morgan fingerprint density at radius 3 is 2.55 bits per heavy atom. The second kappa shape index (κ2) is 8.06. The molecule has 2 aromatic carbocycles. The van der Waals surface area contributed by atoms with Crippen molar-refractivity contribution in [2.24, 2.45) is 0 Å². The molecule has 4 rings (SSSR count). The fourth-order valence-corrected chi connectivity index (χ4v) is 3.70. The van der Waals surface area contributed by atoms with E-state index in [0.717, 1.165) is 23.1 Å². The van der Waals surface area contributed by atoms with Gasteiger partial charge in [-0.25, -0.2) is 4.68 Å². The quantitative estimate of drug-likeness (QED) is 0.470. The average Bonchev–Trinajstić information content (AvgIpc) is 3.30. The number of aromatic nitrogens is 6. The summed E-state index contributed by atoms with van der Waals surface area (Å²) in [6, 6.07) is 16.8. The summed E-state index contributed by atoms with van der Waals surface area (Å²) >= 11 is 7.24. The smallest absolute Gasteiger partial charge is 0.313 e. The maximum absolute atomic E-state index is 11.0. The number of nitrogens with zero attached hydrogens (tertiary/aromatic N) is 6. The molecule has 0 radical (unpaired) electrons. The SMILES string of the molecule is Cc1c(-c2nnc(SCC(=O)O)n2-c2cccc(Cl)c2)nnn1-c1ccccc1. The summed E-state index contributed by atoms with van der Waals surface area (Å²) in [5.41, 5.74) is 2.90. The van der Waals surface area contributed by atoms with Crippen LogP contribution in [0.3, 0.4) is 0 Å². The Morgan fingerprint density at radius 1 is 1.07 bits per heavy atom. The Hall–Kier alpha value is -3.17. The molecule has 2 heterocycles. The van der Waals surface area contributed by atoms with Crippen LogP contribution in [0.2, 0.25) is 5.02 Å². The largest absolute Gasteiger partial charge is 0.481 e. The Morgan fingerprint density at radius 2 is 1.83 bits per heavy atom.